The van der Waals surface area contributed by atoms with Crippen molar-refractivity contribution in [2.24, 2.45) is 0 Å². The molecule has 0 fully saturated rings. The molecule has 0 spiro atoms. The largest absolute Gasteiger partial charge is 0.503 e. The predicted molar refractivity (Wildman–Crippen MR) is 119 cm³/mol. The molecular formula is C24H17ClF2N4O. The lowest BCUT2D eigenvalue weighted by Gasteiger charge is -2.08. The topological polar surface area (TPSA) is 55.4 Å². The summed E-state index contributed by atoms with van der Waals surface area (Å²) in [4.78, 5) is 0. The summed E-state index contributed by atoms with van der Waals surface area (Å²) in [5.41, 5.74) is 4.88. The first-order valence-electron chi connectivity index (χ1n) is 9.85. The van der Waals surface area contributed by atoms with Crippen LogP contribution in [0.1, 0.15) is 11.4 Å². The highest BCUT2D eigenvalue weighted by atomic mass is 35.5. The Bertz CT molecular complexity index is 1440. The molecule has 0 aliphatic rings. The van der Waals surface area contributed by atoms with Gasteiger partial charge in [-0.3, -0.25) is 4.68 Å². The van der Waals surface area contributed by atoms with E-state index in [-0.39, 0.29) is 5.56 Å². The molecule has 8 heteroatoms. The molecule has 0 atom stereocenters. The second-order valence-corrected chi connectivity index (χ2v) is 7.95. The Labute approximate surface area is 187 Å². The number of aryl methyl sites for hydroxylation is 1. The van der Waals surface area contributed by atoms with Crippen LogP contribution < -0.4 is 0 Å². The second-order valence-electron chi connectivity index (χ2n) is 7.51. The zero-order chi connectivity index (χ0) is 22.4. The molecule has 5 aromatic rings. The highest BCUT2D eigenvalue weighted by Gasteiger charge is 2.15. The van der Waals surface area contributed by atoms with Gasteiger partial charge in [-0.15, -0.1) is 0 Å². The third-order valence-electron chi connectivity index (χ3n) is 5.27. The average molecular weight is 451 g/mol. The lowest BCUT2D eigenvalue weighted by atomic mass is 10.1. The number of pyridine rings is 1. The minimum absolute atomic E-state index is 0.237. The number of hydrogen-bond donors (Lipinski definition) is 1. The van der Waals surface area contributed by atoms with Crippen molar-refractivity contribution in [3.8, 4) is 28.3 Å². The molecule has 0 unspecified atom stereocenters. The maximum absolute atomic E-state index is 13.8. The van der Waals surface area contributed by atoms with Crippen molar-refractivity contribution in [2.75, 3.05) is 0 Å². The summed E-state index contributed by atoms with van der Waals surface area (Å²) in [5, 5.41) is 19.2. The number of aromatic nitrogens is 4. The van der Waals surface area contributed by atoms with E-state index in [1.54, 1.807) is 10.7 Å². The summed E-state index contributed by atoms with van der Waals surface area (Å²) >= 11 is 6.36. The van der Waals surface area contributed by atoms with Gasteiger partial charge in [-0.2, -0.15) is 10.2 Å². The molecule has 0 saturated carbocycles. The van der Waals surface area contributed by atoms with E-state index in [9.17, 15) is 13.9 Å². The molecule has 0 amide bonds. The van der Waals surface area contributed by atoms with Gasteiger partial charge < -0.3 is 5.11 Å². The summed E-state index contributed by atoms with van der Waals surface area (Å²) in [7, 11) is 0. The van der Waals surface area contributed by atoms with Gasteiger partial charge in [-0.25, -0.2) is 13.3 Å². The molecule has 3 heterocycles. The van der Waals surface area contributed by atoms with E-state index < -0.39 is 17.4 Å². The normalized spacial score (nSPS) is 11.4. The van der Waals surface area contributed by atoms with Crippen LogP contribution in [0.25, 0.3) is 28.0 Å². The van der Waals surface area contributed by atoms with Gasteiger partial charge in [0.15, 0.2) is 17.4 Å². The van der Waals surface area contributed by atoms with E-state index in [2.05, 4.69) is 5.10 Å². The summed E-state index contributed by atoms with van der Waals surface area (Å²) in [5.74, 6) is -3.07. The highest BCUT2D eigenvalue weighted by Crippen LogP contribution is 2.28. The van der Waals surface area contributed by atoms with Gasteiger partial charge in [0.25, 0.3) is 0 Å². The number of aromatic hydroxyl groups is 1. The monoisotopic (exact) mass is 450 g/mol. The van der Waals surface area contributed by atoms with E-state index in [1.807, 2.05) is 60.0 Å². The van der Waals surface area contributed by atoms with Crippen LogP contribution in [0.3, 0.4) is 0 Å². The SMILES string of the molecule is Cc1cc(-c2cc(F)c(O)c(F)c2)nn1Cc1cc(Cl)cc2cc(-c3ccccc3)nn12. The number of benzene rings is 2. The first kappa shape index (κ1) is 20.2. The summed E-state index contributed by atoms with van der Waals surface area (Å²) < 4.78 is 31.1. The summed E-state index contributed by atoms with van der Waals surface area (Å²) in [6.45, 7) is 2.20. The van der Waals surface area contributed by atoms with Gasteiger partial charge in [0.2, 0.25) is 0 Å². The quantitative estimate of drug-likeness (QED) is 0.373. The van der Waals surface area contributed by atoms with Gasteiger partial charge in [0.05, 0.1) is 29.1 Å². The third kappa shape index (κ3) is 3.61. The van der Waals surface area contributed by atoms with Gasteiger partial charge in [-0.05, 0) is 43.3 Å². The number of hydrogen-bond acceptors (Lipinski definition) is 3. The standard InChI is InChI=1S/C24H17ClF2N4O/c1-14-7-22(16-8-20(26)24(32)21(27)9-16)28-30(14)13-19-11-17(25)10-18-12-23(29-31(18)19)15-5-3-2-4-6-15/h2-12,32H,13H2,1H3. The Morgan fingerprint density at radius 2 is 1.56 bits per heavy atom. The van der Waals surface area contributed by atoms with Crippen molar-refractivity contribution in [3.63, 3.8) is 0 Å². The minimum atomic E-state index is -1.03. The van der Waals surface area contributed by atoms with E-state index in [0.29, 0.717) is 17.3 Å². The minimum Gasteiger partial charge on any atom is -0.503 e. The summed E-state index contributed by atoms with van der Waals surface area (Å²) in [6, 6.07) is 19.3. The molecule has 0 aliphatic carbocycles. The van der Waals surface area contributed by atoms with Crippen LogP contribution in [0, 0.1) is 18.6 Å². The highest BCUT2D eigenvalue weighted by molar-refractivity contribution is 6.31. The van der Waals surface area contributed by atoms with Gasteiger partial charge in [0, 0.05) is 21.8 Å². The molecular weight excluding hydrogens is 434 g/mol. The lowest BCUT2D eigenvalue weighted by molar-refractivity contribution is 0.396. The van der Waals surface area contributed by atoms with Crippen LogP contribution in [0.4, 0.5) is 8.78 Å². The number of phenolic OH excluding ortho intramolecular Hbond substituents is 1. The molecule has 3 aromatic heterocycles. The summed E-state index contributed by atoms with van der Waals surface area (Å²) in [6.07, 6.45) is 0. The van der Waals surface area contributed by atoms with Gasteiger partial charge in [-0.1, -0.05) is 41.9 Å². The number of nitrogens with zero attached hydrogens (tertiary/aromatic N) is 4. The van der Waals surface area contributed by atoms with Crippen molar-refractivity contribution in [1.82, 2.24) is 19.4 Å². The zero-order valence-corrected chi connectivity index (χ0v) is 17.7. The van der Waals surface area contributed by atoms with Gasteiger partial charge >= 0.3 is 0 Å². The number of rotatable bonds is 4. The Morgan fingerprint density at radius 1 is 0.875 bits per heavy atom. The number of phenols is 1. The van der Waals surface area contributed by atoms with Gasteiger partial charge in [0.1, 0.15) is 0 Å². The molecule has 5 rings (SSSR count). The fourth-order valence-corrected chi connectivity index (χ4v) is 3.91. The van der Waals surface area contributed by atoms with Crippen molar-refractivity contribution in [2.45, 2.75) is 13.5 Å². The van der Waals surface area contributed by atoms with Crippen molar-refractivity contribution >= 4 is 17.1 Å². The molecule has 5 nitrogen and oxygen atoms in total. The lowest BCUT2D eigenvalue weighted by Crippen LogP contribution is -2.09. The van der Waals surface area contributed by atoms with Crippen LogP contribution in [0.2, 0.25) is 5.02 Å². The first-order valence-corrected chi connectivity index (χ1v) is 10.2. The Hall–Kier alpha value is -3.71. The van der Waals surface area contributed by atoms with Crippen LogP contribution in [0.15, 0.2) is 66.7 Å². The van der Waals surface area contributed by atoms with Crippen molar-refractivity contribution in [3.05, 3.63) is 94.8 Å². The maximum Gasteiger partial charge on any atom is 0.187 e. The van der Waals surface area contributed by atoms with Crippen molar-refractivity contribution < 1.29 is 13.9 Å². The predicted octanol–water partition coefficient (Wildman–Crippen LogP) is 5.86. The molecule has 0 saturated heterocycles. The van der Waals surface area contributed by atoms with Crippen molar-refractivity contribution in [1.29, 1.82) is 0 Å². The van der Waals surface area contributed by atoms with E-state index in [0.717, 1.165) is 40.3 Å². The van der Waals surface area contributed by atoms with E-state index in [4.69, 9.17) is 16.7 Å². The zero-order valence-electron chi connectivity index (χ0n) is 16.9. The van der Waals surface area contributed by atoms with Crippen LogP contribution in [-0.2, 0) is 6.54 Å². The Kier molecular flexibility index (Phi) is 4.90. The second kappa shape index (κ2) is 7.76. The first-order chi connectivity index (χ1) is 15.4. The average Bonchev–Trinajstić information content (AvgIpc) is 3.36. The Morgan fingerprint density at radius 3 is 2.28 bits per heavy atom. The number of fused-ring (bicyclic) bond motifs is 1. The molecule has 1 N–H and O–H groups in total. The fraction of sp³-hybridized carbons (Fsp3) is 0.0833. The maximum atomic E-state index is 13.8. The molecule has 2 aromatic carbocycles. The smallest absolute Gasteiger partial charge is 0.187 e. The molecule has 160 valence electrons. The fourth-order valence-electron chi connectivity index (χ4n) is 3.67. The molecule has 0 bridgehead atoms. The molecule has 0 aliphatic heterocycles. The van der Waals surface area contributed by atoms with Crippen LogP contribution in [-0.4, -0.2) is 24.5 Å². The Balaban J connectivity index is 1.54. The number of halogens is 3. The van der Waals surface area contributed by atoms with Crippen LogP contribution in [0.5, 0.6) is 5.75 Å². The third-order valence-corrected chi connectivity index (χ3v) is 5.49. The van der Waals surface area contributed by atoms with Crippen LogP contribution >= 0.6 is 11.6 Å². The van der Waals surface area contributed by atoms with E-state index >= 15 is 0 Å². The molecule has 32 heavy (non-hydrogen) atoms. The molecule has 0 radical (unpaired) electrons. The van der Waals surface area contributed by atoms with E-state index in [1.165, 1.54) is 0 Å².